The van der Waals surface area contributed by atoms with Gasteiger partial charge in [0.15, 0.2) is 0 Å². The number of carbonyl (C=O) groups is 1. The Bertz CT molecular complexity index is 690. The minimum atomic E-state index is -0.113. The van der Waals surface area contributed by atoms with Gasteiger partial charge in [0.2, 0.25) is 0 Å². The number of para-hydroxylation sites is 1. The number of hydrogen-bond acceptors (Lipinski definition) is 3. The SMILES string of the molecule is CC1=NN(c2ccccc2)C(=O)/C1=C/c1cccnc1. The van der Waals surface area contributed by atoms with Gasteiger partial charge in [-0.2, -0.15) is 10.1 Å². The van der Waals surface area contributed by atoms with E-state index in [1.54, 1.807) is 12.4 Å². The van der Waals surface area contributed by atoms with Crippen LogP contribution in [0.25, 0.3) is 6.08 Å². The highest BCUT2D eigenvalue weighted by Crippen LogP contribution is 2.24. The molecule has 20 heavy (non-hydrogen) atoms. The van der Waals surface area contributed by atoms with Gasteiger partial charge in [0.1, 0.15) is 0 Å². The van der Waals surface area contributed by atoms with Crippen LogP contribution in [-0.4, -0.2) is 16.6 Å². The predicted octanol–water partition coefficient (Wildman–Crippen LogP) is 2.89. The first kappa shape index (κ1) is 12.3. The van der Waals surface area contributed by atoms with E-state index in [4.69, 9.17) is 0 Å². The Balaban J connectivity index is 1.96. The maximum absolute atomic E-state index is 12.4. The summed E-state index contributed by atoms with van der Waals surface area (Å²) in [6, 6.07) is 13.2. The standard InChI is InChI=1S/C16H13N3O/c1-12-15(10-13-6-5-9-17-11-13)16(20)19(18-12)14-7-3-2-4-8-14/h2-11H,1H3/b15-10+. The number of hydrazone groups is 1. The number of anilines is 1. The van der Waals surface area contributed by atoms with E-state index >= 15 is 0 Å². The van der Waals surface area contributed by atoms with Crippen molar-refractivity contribution in [2.75, 3.05) is 5.01 Å². The Morgan fingerprint density at radius 2 is 1.90 bits per heavy atom. The molecule has 1 aliphatic rings. The second kappa shape index (κ2) is 5.09. The third kappa shape index (κ3) is 2.23. The fourth-order valence-electron chi connectivity index (χ4n) is 2.06. The maximum Gasteiger partial charge on any atom is 0.280 e. The van der Waals surface area contributed by atoms with Crippen molar-refractivity contribution in [1.82, 2.24) is 4.98 Å². The van der Waals surface area contributed by atoms with Crippen LogP contribution in [0.4, 0.5) is 5.69 Å². The van der Waals surface area contributed by atoms with Gasteiger partial charge in [-0.3, -0.25) is 9.78 Å². The van der Waals surface area contributed by atoms with Crippen LogP contribution in [0.2, 0.25) is 0 Å². The van der Waals surface area contributed by atoms with Gasteiger partial charge in [0, 0.05) is 12.4 Å². The summed E-state index contributed by atoms with van der Waals surface area (Å²) in [7, 11) is 0. The van der Waals surface area contributed by atoms with Crippen LogP contribution in [0.5, 0.6) is 0 Å². The van der Waals surface area contributed by atoms with E-state index in [2.05, 4.69) is 10.1 Å². The first-order valence-corrected chi connectivity index (χ1v) is 6.32. The van der Waals surface area contributed by atoms with Crippen LogP contribution in [0.1, 0.15) is 12.5 Å². The first-order chi connectivity index (χ1) is 9.75. The topological polar surface area (TPSA) is 45.6 Å². The molecule has 0 saturated carbocycles. The quantitative estimate of drug-likeness (QED) is 0.782. The zero-order chi connectivity index (χ0) is 13.9. The highest BCUT2D eigenvalue weighted by molar-refractivity contribution is 6.32. The van der Waals surface area contributed by atoms with Crippen LogP contribution in [0.15, 0.2) is 65.5 Å². The Hall–Kier alpha value is -2.75. The van der Waals surface area contributed by atoms with E-state index in [9.17, 15) is 4.79 Å². The molecular weight excluding hydrogens is 250 g/mol. The molecular formula is C16H13N3O. The van der Waals surface area contributed by atoms with Crippen molar-refractivity contribution in [2.24, 2.45) is 5.10 Å². The number of nitrogens with zero attached hydrogens (tertiary/aromatic N) is 3. The summed E-state index contributed by atoms with van der Waals surface area (Å²) < 4.78 is 0. The van der Waals surface area contributed by atoms with Crippen molar-refractivity contribution in [1.29, 1.82) is 0 Å². The van der Waals surface area contributed by atoms with Crippen molar-refractivity contribution >= 4 is 23.4 Å². The molecule has 4 nitrogen and oxygen atoms in total. The molecule has 0 spiro atoms. The van der Waals surface area contributed by atoms with Crippen LogP contribution in [-0.2, 0) is 4.79 Å². The Morgan fingerprint density at radius 1 is 1.10 bits per heavy atom. The van der Waals surface area contributed by atoms with Crippen molar-refractivity contribution in [2.45, 2.75) is 6.92 Å². The smallest absolute Gasteiger partial charge is 0.267 e. The molecule has 1 aromatic heterocycles. The number of benzene rings is 1. The third-order valence-electron chi connectivity index (χ3n) is 3.06. The van der Waals surface area contributed by atoms with Crippen LogP contribution >= 0.6 is 0 Å². The Kier molecular flexibility index (Phi) is 3.13. The molecule has 3 rings (SSSR count). The van der Waals surface area contributed by atoms with Gasteiger partial charge in [-0.1, -0.05) is 24.3 Å². The van der Waals surface area contributed by atoms with Gasteiger partial charge < -0.3 is 0 Å². The monoisotopic (exact) mass is 263 g/mol. The Morgan fingerprint density at radius 3 is 2.60 bits per heavy atom. The molecule has 0 bridgehead atoms. The summed E-state index contributed by atoms with van der Waals surface area (Å²) >= 11 is 0. The normalized spacial score (nSPS) is 16.6. The minimum Gasteiger partial charge on any atom is -0.267 e. The van der Waals surface area contributed by atoms with Crippen molar-refractivity contribution in [3.63, 3.8) is 0 Å². The predicted molar refractivity (Wildman–Crippen MR) is 79.3 cm³/mol. The molecule has 0 aliphatic carbocycles. The lowest BCUT2D eigenvalue weighted by Gasteiger charge is -2.10. The maximum atomic E-state index is 12.4. The number of carbonyl (C=O) groups excluding carboxylic acids is 1. The second-order valence-corrected chi connectivity index (χ2v) is 4.48. The number of rotatable bonds is 2. The summed E-state index contributed by atoms with van der Waals surface area (Å²) in [5, 5.41) is 5.76. The van der Waals surface area contributed by atoms with Gasteiger partial charge in [0.05, 0.1) is 17.0 Å². The van der Waals surface area contributed by atoms with Crippen LogP contribution in [0, 0.1) is 0 Å². The lowest BCUT2D eigenvalue weighted by Crippen LogP contribution is -2.21. The number of amides is 1. The van der Waals surface area contributed by atoms with E-state index in [1.165, 1.54) is 5.01 Å². The number of hydrogen-bond donors (Lipinski definition) is 0. The Labute approximate surface area is 117 Å². The molecule has 2 heterocycles. The summed E-state index contributed by atoms with van der Waals surface area (Å²) in [4.78, 5) is 16.5. The van der Waals surface area contributed by atoms with E-state index in [0.29, 0.717) is 11.3 Å². The van der Waals surface area contributed by atoms with Gasteiger partial charge in [-0.15, -0.1) is 0 Å². The molecule has 0 fully saturated rings. The van der Waals surface area contributed by atoms with Gasteiger partial charge in [0.25, 0.3) is 5.91 Å². The van der Waals surface area contributed by atoms with Crippen molar-refractivity contribution in [3.05, 3.63) is 66.0 Å². The molecule has 0 atom stereocenters. The zero-order valence-electron chi connectivity index (χ0n) is 11.0. The number of pyridine rings is 1. The zero-order valence-corrected chi connectivity index (χ0v) is 11.0. The molecule has 0 unspecified atom stereocenters. The highest BCUT2D eigenvalue weighted by Gasteiger charge is 2.28. The average Bonchev–Trinajstić information content (AvgIpc) is 2.77. The van der Waals surface area contributed by atoms with Crippen molar-refractivity contribution in [3.8, 4) is 0 Å². The fourth-order valence-corrected chi connectivity index (χ4v) is 2.06. The van der Waals surface area contributed by atoms with Crippen LogP contribution < -0.4 is 5.01 Å². The molecule has 98 valence electrons. The molecule has 1 aliphatic heterocycles. The van der Waals surface area contributed by atoms with Gasteiger partial charge in [-0.25, -0.2) is 0 Å². The molecule has 1 amide bonds. The lowest BCUT2D eigenvalue weighted by molar-refractivity contribution is -0.114. The summed E-state index contributed by atoms with van der Waals surface area (Å²) in [5.41, 5.74) is 2.97. The minimum absolute atomic E-state index is 0.113. The first-order valence-electron chi connectivity index (χ1n) is 6.32. The summed E-state index contributed by atoms with van der Waals surface area (Å²) in [6.07, 6.45) is 5.24. The summed E-state index contributed by atoms with van der Waals surface area (Å²) in [5.74, 6) is -0.113. The van der Waals surface area contributed by atoms with E-state index in [-0.39, 0.29) is 5.91 Å². The fraction of sp³-hybridized carbons (Fsp3) is 0.0625. The average molecular weight is 263 g/mol. The summed E-state index contributed by atoms with van der Waals surface area (Å²) in [6.45, 7) is 1.84. The van der Waals surface area contributed by atoms with Gasteiger partial charge >= 0.3 is 0 Å². The highest BCUT2D eigenvalue weighted by atomic mass is 16.2. The molecule has 4 heteroatoms. The van der Waals surface area contributed by atoms with E-state index < -0.39 is 0 Å². The second-order valence-electron chi connectivity index (χ2n) is 4.48. The lowest BCUT2D eigenvalue weighted by atomic mass is 10.1. The number of aromatic nitrogens is 1. The third-order valence-corrected chi connectivity index (χ3v) is 3.06. The van der Waals surface area contributed by atoms with Gasteiger partial charge in [-0.05, 0) is 36.8 Å². The van der Waals surface area contributed by atoms with E-state index in [1.807, 2.05) is 55.5 Å². The largest absolute Gasteiger partial charge is 0.280 e. The van der Waals surface area contributed by atoms with E-state index in [0.717, 1.165) is 11.3 Å². The molecule has 1 aromatic carbocycles. The molecule has 2 aromatic rings. The molecule has 0 saturated heterocycles. The molecule has 0 radical (unpaired) electrons. The van der Waals surface area contributed by atoms with Crippen LogP contribution in [0.3, 0.4) is 0 Å². The molecule has 0 N–H and O–H groups in total. The van der Waals surface area contributed by atoms with Crippen molar-refractivity contribution < 1.29 is 4.79 Å².